The molecule has 0 aliphatic rings. The Labute approximate surface area is 146 Å². The van der Waals surface area contributed by atoms with Crippen LogP contribution in [0.15, 0.2) is 65.2 Å². The number of aryl methyl sites for hydroxylation is 1. The summed E-state index contributed by atoms with van der Waals surface area (Å²) >= 11 is 0. The highest BCUT2D eigenvalue weighted by Gasteiger charge is 2.13. The number of amides is 1. The molecule has 5 nitrogen and oxygen atoms in total. The lowest BCUT2D eigenvalue weighted by molar-refractivity contribution is -0.130. The monoisotopic (exact) mass is 336 g/mol. The molecule has 1 heterocycles. The molecule has 0 radical (unpaired) electrons. The maximum atomic E-state index is 12.3. The number of benzene rings is 2. The molecule has 25 heavy (non-hydrogen) atoms. The lowest BCUT2D eigenvalue weighted by Crippen LogP contribution is -2.26. The fourth-order valence-corrected chi connectivity index (χ4v) is 2.56. The molecule has 1 aromatic heterocycles. The van der Waals surface area contributed by atoms with Gasteiger partial charge in [-0.2, -0.15) is 0 Å². The van der Waals surface area contributed by atoms with Crippen LogP contribution in [0.5, 0.6) is 5.75 Å². The summed E-state index contributed by atoms with van der Waals surface area (Å²) in [5, 5.41) is 13.3. The summed E-state index contributed by atoms with van der Waals surface area (Å²) in [5.41, 5.74) is 2.77. The van der Waals surface area contributed by atoms with Gasteiger partial charge in [-0.25, -0.2) is 0 Å². The van der Waals surface area contributed by atoms with Crippen molar-refractivity contribution in [3.63, 3.8) is 0 Å². The van der Waals surface area contributed by atoms with E-state index in [-0.39, 0.29) is 11.7 Å². The van der Waals surface area contributed by atoms with Crippen molar-refractivity contribution in [3.05, 3.63) is 72.0 Å². The molecule has 5 heteroatoms. The molecule has 1 amide bonds. The van der Waals surface area contributed by atoms with Crippen molar-refractivity contribution in [1.29, 1.82) is 0 Å². The van der Waals surface area contributed by atoms with Crippen LogP contribution in [-0.2, 0) is 17.8 Å². The molecular weight excluding hydrogens is 316 g/mol. The van der Waals surface area contributed by atoms with Gasteiger partial charge in [0.05, 0.1) is 6.54 Å². The van der Waals surface area contributed by atoms with Gasteiger partial charge in [0.25, 0.3) is 0 Å². The zero-order valence-corrected chi connectivity index (χ0v) is 14.1. The average molecular weight is 336 g/mol. The number of hydrogen-bond acceptors (Lipinski definition) is 4. The Kier molecular flexibility index (Phi) is 5.14. The van der Waals surface area contributed by atoms with Crippen LogP contribution < -0.4 is 0 Å². The molecule has 3 aromatic rings. The second-order valence-corrected chi connectivity index (χ2v) is 5.96. The molecule has 2 aromatic carbocycles. The minimum Gasteiger partial charge on any atom is -0.508 e. The largest absolute Gasteiger partial charge is 0.508 e. The van der Waals surface area contributed by atoms with Gasteiger partial charge in [0, 0.05) is 25.1 Å². The Morgan fingerprint density at radius 2 is 1.84 bits per heavy atom. The Hall–Kier alpha value is -3.08. The summed E-state index contributed by atoms with van der Waals surface area (Å²) in [4.78, 5) is 13.9. The zero-order chi connectivity index (χ0) is 17.6. The first-order valence-corrected chi connectivity index (χ1v) is 8.15. The third kappa shape index (κ3) is 4.47. The molecule has 0 atom stereocenters. The van der Waals surface area contributed by atoms with Crippen molar-refractivity contribution in [2.75, 3.05) is 7.05 Å². The average Bonchev–Trinajstić information content (AvgIpc) is 3.10. The van der Waals surface area contributed by atoms with Gasteiger partial charge in [-0.05, 0) is 24.1 Å². The predicted octanol–water partition coefficient (Wildman–Crippen LogP) is 3.64. The number of aromatic nitrogens is 1. The van der Waals surface area contributed by atoms with Crippen molar-refractivity contribution >= 4 is 5.91 Å². The summed E-state index contributed by atoms with van der Waals surface area (Å²) in [6.45, 7) is 0.383. The molecule has 0 aliphatic carbocycles. The molecule has 0 fully saturated rings. The third-order valence-electron chi connectivity index (χ3n) is 4.01. The van der Waals surface area contributed by atoms with Crippen molar-refractivity contribution in [1.82, 2.24) is 10.1 Å². The van der Waals surface area contributed by atoms with Crippen LogP contribution in [0.1, 0.15) is 17.7 Å². The van der Waals surface area contributed by atoms with Gasteiger partial charge < -0.3 is 14.5 Å². The molecule has 0 saturated carbocycles. The zero-order valence-electron chi connectivity index (χ0n) is 14.1. The van der Waals surface area contributed by atoms with E-state index in [1.807, 2.05) is 48.5 Å². The van der Waals surface area contributed by atoms with Crippen LogP contribution in [0.4, 0.5) is 0 Å². The van der Waals surface area contributed by atoms with Crippen LogP contribution >= 0.6 is 0 Å². The van der Waals surface area contributed by atoms with Crippen LogP contribution in [0.3, 0.4) is 0 Å². The Morgan fingerprint density at radius 3 is 2.56 bits per heavy atom. The number of carbonyl (C=O) groups is 1. The van der Waals surface area contributed by atoms with Crippen LogP contribution in [0.2, 0.25) is 0 Å². The minimum absolute atomic E-state index is 0.0331. The van der Waals surface area contributed by atoms with E-state index in [0.717, 1.165) is 16.8 Å². The highest BCUT2D eigenvalue weighted by molar-refractivity contribution is 5.76. The van der Waals surface area contributed by atoms with Gasteiger partial charge in [0.1, 0.15) is 11.4 Å². The summed E-state index contributed by atoms with van der Waals surface area (Å²) in [5.74, 6) is 0.914. The van der Waals surface area contributed by atoms with Gasteiger partial charge in [0.15, 0.2) is 5.76 Å². The molecule has 0 aliphatic heterocycles. The van der Waals surface area contributed by atoms with Crippen molar-refractivity contribution in [2.24, 2.45) is 0 Å². The molecule has 0 bridgehead atoms. The van der Waals surface area contributed by atoms with Gasteiger partial charge in [0.2, 0.25) is 5.91 Å². The Morgan fingerprint density at radius 1 is 1.12 bits per heavy atom. The molecule has 128 valence electrons. The lowest BCUT2D eigenvalue weighted by Gasteiger charge is -2.15. The van der Waals surface area contributed by atoms with Gasteiger partial charge in [-0.3, -0.25) is 4.79 Å². The highest BCUT2D eigenvalue weighted by atomic mass is 16.5. The topological polar surface area (TPSA) is 66.6 Å². The molecule has 3 rings (SSSR count). The van der Waals surface area contributed by atoms with E-state index in [2.05, 4.69) is 5.16 Å². The number of carbonyl (C=O) groups excluding carboxylic acids is 1. The van der Waals surface area contributed by atoms with E-state index in [1.54, 1.807) is 24.1 Å². The smallest absolute Gasteiger partial charge is 0.223 e. The van der Waals surface area contributed by atoms with Gasteiger partial charge in [-0.15, -0.1) is 0 Å². The van der Waals surface area contributed by atoms with Crippen LogP contribution in [0, 0.1) is 0 Å². The summed E-state index contributed by atoms with van der Waals surface area (Å²) in [6.07, 6.45) is 1.04. The molecular formula is C20H20N2O3. The second-order valence-electron chi connectivity index (χ2n) is 5.96. The van der Waals surface area contributed by atoms with E-state index in [1.165, 1.54) is 0 Å². The first kappa shape index (κ1) is 16.8. The fraction of sp³-hybridized carbons (Fsp3) is 0.200. The maximum Gasteiger partial charge on any atom is 0.223 e. The first-order valence-electron chi connectivity index (χ1n) is 8.15. The van der Waals surface area contributed by atoms with Gasteiger partial charge >= 0.3 is 0 Å². The third-order valence-corrected chi connectivity index (χ3v) is 4.01. The molecule has 0 saturated heterocycles. The summed E-state index contributed by atoms with van der Waals surface area (Å²) in [7, 11) is 1.75. The standard InChI is InChI=1S/C20H20N2O3/c1-22(20(24)12-9-15-7-10-17(23)11-8-15)14-18-13-19(21-25-18)16-5-3-2-4-6-16/h2-8,10-11,13,23H,9,12,14H2,1H3. The molecule has 0 unspecified atom stereocenters. The van der Waals surface area contributed by atoms with E-state index in [0.29, 0.717) is 25.1 Å². The number of phenols is 1. The first-order chi connectivity index (χ1) is 12.1. The maximum absolute atomic E-state index is 12.3. The van der Waals surface area contributed by atoms with Crippen molar-refractivity contribution in [3.8, 4) is 17.0 Å². The van der Waals surface area contributed by atoms with Crippen molar-refractivity contribution < 1.29 is 14.4 Å². The second kappa shape index (κ2) is 7.66. The summed E-state index contributed by atoms with van der Waals surface area (Å²) < 4.78 is 5.34. The van der Waals surface area contributed by atoms with E-state index >= 15 is 0 Å². The number of phenolic OH excluding ortho intramolecular Hbond substituents is 1. The number of nitrogens with zero attached hydrogens (tertiary/aromatic N) is 2. The minimum atomic E-state index is 0.0331. The fourth-order valence-electron chi connectivity index (χ4n) is 2.56. The number of aromatic hydroxyl groups is 1. The normalized spacial score (nSPS) is 10.6. The highest BCUT2D eigenvalue weighted by Crippen LogP contribution is 2.19. The van der Waals surface area contributed by atoms with Crippen LogP contribution in [-0.4, -0.2) is 28.1 Å². The quantitative estimate of drug-likeness (QED) is 0.746. The molecule has 1 N–H and O–H groups in total. The van der Waals surface area contributed by atoms with Gasteiger partial charge in [-0.1, -0.05) is 47.6 Å². The van der Waals surface area contributed by atoms with Crippen LogP contribution in [0.25, 0.3) is 11.3 Å². The number of hydrogen-bond donors (Lipinski definition) is 1. The Bertz CT molecular complexity index is 826. The Balaban J connectivity index is 1.54. The SMILES string of the molecule is CN(Cc1cc(-c2ccccc2)no1)C(=O)CCc1ccc(O)cc1. The lowest BCUT2D eigenvalue weighted by atomic mass is 10.1. The summed E-state index contributed by atoms with van der Waals surface area (Å²) in [6, 6.07) is 18.5. The van der Waals surface area contributed by atoms with E-state index < -0.39 is 0 Å². The number of rotatable bonds is 6. The predicted molar refractivity (Wildman–Crippen MR) is 94.8 cm³/mol. The van der Waals surface area contributed by atoms with Crippen molar-refractivity contribution in [2.45, 2.75) is 19.4 Å². The molecule has 0 spiro atoms. The van der Waals surface area contributed by atoms with E-state index in [4.69, 9.17) is 4.52 Å². The van der Waals surface area contributed by atoms with E-state index in [9.17, 15) is 9.90 Å².